The summed E-state index contributed by atoms with van der Waals surface area (Å²) in [6.07, 6.45) is -0.951. The second-order valence-electron chi connectivity index (χ2n) is 4.16. The van der Waals surface area contributed by atoms with Gasteiger partial charge < -0.3 is 10.2 Å². The van der Waals surface area contributed by atoms with E-state index in [-0.39, 0.29) is 5.69 Å². The second-order valence-corrected chi connectivity index (χ2v) is 4.16. The summed E-state index contributed by atoms with van der Waals surface area (Å²) in [5, 5.41) is 7.07. The van der Waals surface area contributed by atoms with Gasteiger partial charge in [0.25, 0.3) is 6.43 Å². The first-order chi connectivity index (χ1) is 8.06. The zero-order valence-electron chi connectivity index (χ0n) is 10.6. The third-order valence-corrected chi connectivity index (χ3v) is 2.49. The van der Waals surface area contributed by atoms with Gasteiger partial charge in [0.1, 0.15) is 5.69 Å². The molecule has 0 aromatic carbocycles. The summed E-state index contributed by atoms with van der Waals surface area (Å²) < 4.78 is 27.3. The molecule has 17 heavy (non-hydrogen) atoms. The Morgan fingerprint density at radius 2 is 2.18 bits per heavy atom. The molecule has 1 aromatic rings. The largest absolute Gasteiger partial charge is 0.313 e. The average molecular weight is 246 g/mol. The smallest absolute Gasteiger partial charge is 0.280 e. The van der Waals surface area contributed by atoms with Crippen LogP contribution in [0.2, 0.25) is 0 Å². The summed E-state index contributed by atoms with van der Waals surface area (Å²) in [6, 6.07) is 0. The molecule has 0 aliphatic rings. The summed E-state index contributed by atoms with van der Waals surface area (Å²) >= 11 is 0. The van der Waals surface area contributed by atoms with Crippen LogP contribution in [0.3, 0.4) is 0 Å². The van der Waals surface area contributed by atoms with E-state index in [9.17, 15) is 8.78 Å². The molecule has 0 aliphatic heterocycles. The van der Waals surface area contributed by atoms with Crippen molar-refractivity contribution in [2.45, 2.75) is 26.4 Å². The minimum absolute atomic E-state index is 0.0350. The van der Waals surface area contributed by atoms with Crippen molar-refractivity contribution in [2.75, 3.05) is 27.2 Å². The number of hydrogen-bond acceptors (Lipinski definition) is 3. The molecule has 1 heterocycles. The molecule has 0 fully saturated rings. The monoisotopic (exact) mass is 246 g/mol. The first-order valence-electron chi connectivity index (χ1n) is 5.74. The van der Waals surface area contributed by atoms with Gasteiger partial charge in [-0.25, -0.2) is 8.78 Å². The third-order valence-electron chi connectivity index (χ3n) is 2.49. The summed E-state index contributed by atoms with van der Waals surface area (Å²) in [5.74, 6) is 0. The van der Waals surface area contributed by atoms with E-state index in [2.05, 4.69) is 10.4 Å². The van der Waals surface area contributed by atoms with Crippen molar-refractivity contribution in [1.29, 1.82) is 0 Å². The molecule has 0 spiro atoms. The Bertz CT molecular complexity index is 336. The molecule has 0 unspecified atom stereocenters. The van der Waals surface area contributed by atoms with Gasteiger partial charge in [0.05, 0.1) is 12.7 Å². The fraction of sp³-hybridized carbons (Fsp3) is 0.727. The summed E-state index contributed by atoms with van der Waals surface area (Å²) in [7, 11) is 3.82. The maximum atomic E-state index is 13.0. The highest BCUT2D eigenvalue weighted by Crippen LogP contribution is 2.22. The molecular formula is C11H20F2N4. The van der Waals surface area contributed by atoms with E-state index in [0.29, 0.717) is 25.2 Å². The van der Waals surface area contributed by atoms with Gasteiger partial charge in [-0.05, 0) is 20.6 Å². The Balaban J connectivity index is 2.78. The molecule has 0 saturated heterocycles. The molecule has 1 aromatic heterocycles. The van der Waals surface area contributed by atoms with Crippen LogP contribution in [-0.4, -0.2) is 41.9 Å². The molecule has 0 saturated carbocycles. The van der Waals surface area contributed by atoms with Crippen LogP contribution >= 0.6 is 0 Å². The van der Waals surface area contributed by atoms with Gasteiger partial charge in [0.15, 0.2) is 0 Å². The summed E-state index contributed by atoms with van der Waals surface area (Å²) in [4.78, 5) is 1.95. The van der Waals surface area contributed by atoms with Gasteiger partial charge in [0.2, 0.25) is 0 Å². The van der Waals surface area contributed by atoms with Crippen molar-refractivity contribution in [2.24, 2.45) is 0 Å². The molecule has 1 rings (SSSR count). The van der Waals surface area contributed by atoms with E-state index >= 15 is 0 Å². The van der Waals surface area contributed by atoms with Crippen molar-refractivity contribution < 1.29 is 8.78 Å². The van der Waals surface area contributed by atoms with Crippen LogP contribution < -0.4 is 5.32 Å². The molecule has 98 valence electrons. The average Bonchev–Trinajstić information content (AvgIpc) is 2.66. The Labute approximate surface area is 101 Å². The van der Waals surface area contributed by atoms with Crippen molar-refractivity contribution in [3.8, 4) is 0 Å². The number of nitrogens with zero attached hydrogens (tertiary/aromatic N) is 3. The van der Waals surface area contributed by atoms with Crippen LogP contribution in [0, 0.1) is 0 Å². The number of halogens is 2. The zero-order chi connectivity index (χ0) is 12.8. The molecule has 0 atom stereocenters. The van der Waals surface area contributed by atoms with E-state index in [1.165, 1.54) is 10.9 Å². The number of nitrogens with one attached hydrogen (secondary N) is 1. The first kappa shape index (κ1) is 14.1. The van der Waals surface area contributed by atoms with E-state index in [0.717, 1.165) is 6.54 Å². The predicted octanol–water partition coefficient (Wildman–Crippen LogP) is 1.49. The molecule has 0 bridgehead atoms. The highest BCUT2D eigenvalue weighted by Gasteiger charge is 2.19. The Morgan fingerprint density at radius 3 is 2.71 bits per heavy atom. The van der Waals surface area contributed by atoms with Crippen molar-refractivity contribution in [3.63, 3.8) is 0 Å². The number of hydrogen-bond donors (Lipinski definition) is 1. The second kappa shape index (κ2) is 6.66. The molecule has 0 aliphatic carbocycles. The molecule has 1 N–H and O–H groups in total. The van der Waals surface area contributed by atoms with Gasteiger partial charge in [-0.3, -0.25) is 4.68 Å². The summed E-state index contributed by atoms with van der Waals surface area (Å²) in [5.41, 5.74) is 0.619. The van der Waals surface area contributed by atoms with E-state index in [4.69, 9.17) is 0 Å². The number of alkyl halides is 2. The van der Waals surface area contributed by atoms with Gasteiger partial charge in [-0.2, -0.15) is 5.10 Å². The lowest BCUT2D eigenvalue weighted by Gasteiger charge is -2.12. The van der Waals surface area contributed by atoms with Crippen LogP contribution in [-0.2, 0) is 13.1 Å². The number of rotatable bonds is 7. The lowest BCUT2D eigenvalue weighted by molar-refractivity contribution is 0.136. The zero-order valence-corrected chi connectivity index (χ0v) is 10.6. The fourth-order valence-electron chi connectivity index (χ4n) is 1.56. The Hall–Kier alpha value is -1.01. The van der Waals surface area contributed by atoms with E-state index < -0.39 is 6.43 Å². The summed E-state index contributed by atoms with van der Waals surface area (Å²) in [6.45, 7) is 4.32. The van der Waals surface area contributed by atoms with Gasteiger partial charge in [-0.15, -0.1) is 0 Å². The van der Waals surface area contributed by atoms with Crippen molar-refractivity contribution in [1.82, 2.24) is 20.0 Å². The molecule has 0 radical (unpaired) electrons. The molecule has 0 amide bonds. The molecule has 4 nitrogen and oxygen atoms in total. The van der Waals surface area contributed by atoms with Crippen LogP contribution in [0.1, 0.15) is 24.6 Å². The first-order valence-corrected chi connectivity index (χ1v) is 5.74. The van der Waals surface area contributed by atoms with Gasteiger partial charge in [0, 0.05) is 18.7 Å². The Morgan fingerprint density at radius 1 is 1.47 bits per heavy atom. The number of aromatic nitrogens is 2. The predicted molar refractivity (Wildman–Crippen MR) is 63.1 cm³/mol. The Kier molecular flexibility index (Phi) is 5.50. The van der Waals surface area contributed by atoms with Gasteiger partial charge >= 0.3 is 0 Å². The lowest BCUT2D eigenvalue weighted by atomic mass is 10.2. The van der Waals surface area contributed by atoms with E-state index in [1.807, 2.05) is 25.9 Å². The highest BCUT2D eigenvalue weighted by molar-refractivity contribution is 5.19. The molecule has 6 heteroatoms. The van der Waals surface area contributed by atoms with Crippen molar-refractivity contribution >= 4 is 0 Å². The third kappa shape index (κ3) is 4.05. The molecular weight excluding hydrogens is 226 g/mol. The van der Waals surface area contributed by atoms with Crippen molar-refractivity contribution in [3.05, 3.63) is 17.5 Å². The highest BCUT2D eigenvalue weighted by atomic mass is 19.3. The SMILES string of the molecule is CCNCc1cnn(CCN(C)C)c1C(F)F. The quantitative estimate of drug-likeness (QED) is 0.791. The van der Waals surface area contributed by atoms with Crippen LogP contribution in [0.25, 0.3) is 0 Å². The minimum Gasteiger partial charge on any atom is -0.313 e. The van der Waals surface area contributed by atoms with Crippen LogP contribution in [0.15, 0.2) is 6.20 Å². The standard InChI is InChI=1S/C11H20F2N4/c1-4-14-7-9-8-15-17(6-5-16(2)3)10(9)11(12)13/h8,11,14H,4-7H2,1-3H3. The lowest BCUT2D eigenvalue weighted by Crippen LogP contribution is -2.21. The van der Waals surface area contributed by atoms with Crippen LogP contribution in [0.4, 0.5) is 8.78 Å². The maximum Gasteiger partial charge on any atom is 0.280 e. The minimum atomic E-state index is -2.48. The van der Waals surface area contributed by atoms with Gasteiger partial charge in [-0.1, -0.05) is 6.92 Å². The topological polar surface area (TPSA) is 33.1 Å². The number of likely N-dealkylation sites (N-methyl/N-ethyl adjacent to an activating group) is 1. The normalized spacial score (nSPS) is 11.7. The van der Waals surface area contributed by atoms with Crippen LogP contribution in [0.5, 0.6) is 0 Å². The maximum absolute atomic E-state index is 13.0. The van der Waals surface area contributed by atoms with E-state index in [1.54, 1.807) is 0 Å². The fourth-order valence-corrected chi connectivity index (χ4v) is 1.56.